The van der Waals surface area contributed by atoms with Crippen LogP contribution in [0.3, 0.4) is 0 Å². The molecule has 4 rings (SSSR count). The van der Waals surface area contributed by atoms with Crippen molar-refractivity contribution in [3.63, 3.8) is 0 Å². The zero-order valence-corrected chi connectivity index (χ0v) is 16.4. The smallest absolute Gasteiger partial charge is 0.257 e. The summed E-state index contributed by atoms with van der Waals surface area (Å²) in [5.74, 6) is 1.27. The third kappa shape index (κ3) is 3.82. The van der Waals surface area contributed by atoms with Crippen molar-refractivity contribution < 1.29 is 9.53 Å². The Hall–Kier alpha value is -3.67. The van der Waals surface area contributed by atoms with Crippen LogP contribution in [0.25, 0.3) is 22.2 Å². The maximum Gasteiger partial charge on any atom is 0.257 e. The topological polar surface area (TPSA) is 69.0 Å². The second-order valence-electron chi connectivity index (χ2n) is 6.69. The first-order valence-electron chi connectivity index (χ1n) is 9.57. The number of rotatable bonds is 6. The molecule has 0 saturated heterocycles. The molecule has 29 heavy (non-hydrogen) atoms. The summed E-state index contributed by atoms with van der Waals surface area (Å²) < 4.78 is 7.03. The lowest BCUT2D eigenvalue weighted by Gasteiger charge is -2.12. The van der Waals surface area contributed by atoms with Crippen molar-refractivity contribution in [2.75, 3.05) is 12.4 Å². The van der Waals surface area contributed by atoms with Crippen molar-refractivity contribution in [2.45, 2.75) is 19.9 Å². The molecule has 0 bridgehead atoms. The van der Waals surface area contributed by atoms with Crippen LogP contribution in [0.4, 0.5) is 5.82 Å². The SMILES string of the molecule is CCCn1nccc1NC(=O)c1cc(-c2ccc(OC)cc2)nc2ccccc12. The summed E-state index contributed by atoms with van der Waals surface area (Å²) >= 11 is 0. The Labute approximate surface area is 169 Å². The summed E-state index contributed by atoms with van der Waals surface area (Å²) in [7, 11) is 1.63. The van der Waals surface area contributed by atoms with E-state index in [2.05, 4.69) is 17.3 Å². The van der Waals surface area contributed by atoms with E-state index in [4.69, 9.17) is 9.72 Å². The van der Waals surface area contributed by atoms with Gasteiger partial charge in [0.15, 0.2) is 0 Å². The molecule has 0 radical (unpaired) electrons. The lowest BCUT2D eigenvalue weighted by Crippen LogP contribution is -2.16. The van der Waals surface area contributed by atoms with E-state index in [-0.39, 0.29) is 5.91 Å². The predicted octanol–water partition coefficient (Wildman–Crippen LogP) is 4.77. The van der Waals surface area contributed by atoms with Crippen LogP contribution in [0.1, 0.15) is 23.7 Å². The molecule has 2 aromatic heterocycles. The molecule has 0 aliphatic heterocycles. The summed E-state index contributed by atoms with van der Waals surface area (Å²) in [4.78, 5) is 17.9. The fourth-order valence-electron chi connectivity index (χ4n) is 3.29. The zero-order chi connectivity index (χ0) is 20.2. The highest BCUT2D eigenvalue weighted by molar-refractivity contribution is 6.12. The number of fused-ring (bicyclic) bond motifs is 1. The van der Waals surface area contributed by atoms with Gasteiger partial charge >= 0.3 is 0 Å². The summed E-state index contributed by atoms with van der Waals surface area (Å²) in [5, 5.41) is 8.08. The van der Waals surface area contributed by atoms with E-state index in [1.165, 1.54) is 0 Å². The largest absolute Gasteiger partial charge is 0.497 e. The number of benzene rings is 2. The van der Waals surface area contributed by atoms with Gasteiger partial charge in [0, 0.05) is 23.6 Å². The Kier molecular flexibility index (Phi) is 5.24. The van der Waals surface area contributed by atoms with E-state index in [9.17, 15) is 4.79 Å². The Morgan fingerprint density at radius 3 is 2.66 bits per heavy atom. The molecule has 0 atom stereocenters. The third-order valence-corrected chi connectivity index (χ3v) is 4.74. The number of carbonyl (C=O) groups excluding carboxylic acids is 1. The number of methoxy groups -OCH3 is 1. The van der Waals surface area contributed by atoms with E-state index < -0.39 is 0 Å². The molecule has 0 fully saturated rings. The number of pyridine rings is 1. The average Bonchev–Trinajstić information content (AvgIpc) is 3.19. The predicted molar refractivity (Wildman–Crippen MR) is 114 cm³/mol. The maximum atomic E-state index is 13.2. The van der Waals surface area contributed by atoms with Crippen LogP contribution < -0.4 is 10.1 Å². The van der Waals surface area contributed by atoms with Crippen LogP contribution in [0.15, 0.2) is 66.9 Å². The second kappa shape index (κ2) is 8.14. The highest BCUT2D eigenvalue weighted by atomic mass is 16.5. The minimum Gasteiger partial charge on any atom is -0.497 e. The first-order valence-corrected chi connectivity index (χ1v) is 9.57. The first kappa shape index (κ1) is 18.7. The number of ether oxygens (including phenoxy) is 1. The van der Waals surface area contributed by atoms with Gasteiger partial charge in [-0.1, -0.05) is 25.1 Å². The lowest BCUT2D eigenvalue weighted by molar-refractivity contribution is 0.102. The van der Waals surface area contributed by atoms with Gasteiger partial charge in [-0.25, -0.2) is 9.67 Å². The molecule has 1 amide bonds. The van der Waals surface area contributed by atoms with Gasteiger partial charge in [0.2, 0.25) is 0 Å². The summed E-state index contributed by atoms with van der Waals surface area (Å²) in [6.45, 7) is 2.82. The Balaban J connectivity index is 1.75. The molecule has 6 heteroatoms. The molecule has 146 valence electrons. The second-order valence-corrected chi connectivity index (χ2v) is 6.69. The van der Waals surface area contributed by atoms with E-state index in [1.807, 2.05) is 54.6 Å². The Morgan fingerprint density at radius 1 is 1.10 bits per heavy atom. The molecule has 4 aromatic rings. The highest BCUT2D eigenvalue weighted by Gasteiger charge is 2.15. The Morgan fingerprint density at radius 2 is 1.90 bits per heavy atom. The van der Waals surface area contributed by atoms with Crippen LogP contribution >= 0.6 is 0 Å². The molecule has 6 nitrogen and oxygen atoms in total. The van der Waals surface area contributed by atoms with Gasteiger partial charge in [-0.15, -0.1) is 0 Å². The number of nitrogens with zero attached hydrogens (tertiary/aromatic N) is 3. The summed E-state index contributed by atoms with van der Waals surface area (Å²) in [6.07, 6.45) is 2.63. The molecule has 0 saturated carbocycles. The van der Waals surface area contributed by atoms with E-state index in [0.29, 0.717) is 11.4 Å². The molecule has 0 aliphatic rings. The van der Waals surface area contributed by atoms with Crippen molar-refractivity contribution >= 4 is 22.6 Å². The van der Waals surface area contributed by atoms with E-state index in [1.54, 1.807) is 24.1 Å². The number of aryl methyl sites for hydroxylation is 1. The fraction of sp³-hybridized carbons (Fsp3) is 0.174. The molecule has 0 unspecified atom stereocenters. The van der Waals surface area contributed by atoms with Crippen LogP contribution in [-0.4, -0.2) is 27.8 Å². The number of aromatic nitrogens is 3. The van der Waals surface area contributed by atoms with Crippen molar-refractivity contribution in [1.82, 2.24) is 14.8 Å². The maximum absolute atomic E-state index is 13.2. The standard InChI is InChI=1S/C23H22N4O2/c1-3-14-27-22(12-13-24-27)26-23(28)19-15-21(16-8-10-17(29-2)11-9-16)25-20-7-5-4-6-18(19)20/h4-13,15H,3,14H2,1-2H3,(H,26,28). The van der Waals surface area contributed by atoms with Crippen LogP contribution in [0.5, 0.6) is 5.75 Å². The van der Waals surface area contributed by atoms with E-state index >= 15 is 0 Å². The molecule has 0 aliphatic carbocycles. The number of amides is 1. The monoisotopic (exact) mass is 386 g/mol. The summed E-state index contributed by atoms with van der Waals surface area (Å²) in [5.41, 5.74) is 3.00. The normalized spacial score (nSPS) is 10.8. The quantitative estimate of drug-likeness (QED) is 0.518. The first-order chi connectivity index (χ1) is 14.2. The Bertz CT molecular complexity index is 1150. The van der Waals surface area contributed by atoms with Crippen molar-refractivity contribution in [3.05, 3.63) is 72.4 Å². The lowest BCUT2D eigenvalue weighted by atomic mass is 10.0. The average molecular weight is 386 g/mol. The number of para-hydroxylation sites is 1. The molecule has 2 heterocycles. The third-order valence-electron chi connectivity index (χ3n) is 4.74. The van der Waals surface area contributed by atoms with E-state index in [0.717, 1.165) is 40.9 Å². The van der Waals surface area contributed by atoms with Crippen molar-refractivity contribution in [2.24, 2.45) is 0 Å². The number of hydrogen-bond acceptors (Lipinski definition) is 4. The minimum absolute atomic E-state index is 0.184. The fourth-order valence-corrected chi connectivity index (χ4v) is 3.29. The van der Waals surface area contributed by atoms with Crippen LogP contribution in [0.2, 0.25) is 0 Å². The zero-order valence-electron chi connectivity index (χ0n) is 16.4. The molecular formula is C23H22N4O2. The highest BCUT2D eigenvalue weighted by Crippen LogP contribution is 2.27. The number of carbonyl (C=O) groups is 1. The molecule has 0 spiro atoms. The van der Waals surface area contributed by atoms with Gasteiger partial charge in [-0.3, -0.25) is 4.79 Å². The number of nitrogens with one attached hydrogen (secondary N) is 1. The molecule has 2 aromatic carbocycles. The van der Waals surface area contributed by atoms with Gasteiger partial charge in [0.25, 0.3) is 5.91 Å². The van der Waals surface area contributed by atoms with Gasteiger partial charge in [-0.2, -0.15) is 5.10 Å². The van der Waals surface area contributed by atoms with Crippen LogP contribution in [-0.2, 0) is 6.54 Å². The van der Waals surface area contributed by atoms with Crippen molar-refractivity contribution in [1.29, 1.82) is 0 Å². The van der Waals surface area contributed by atoms with Gasteiger partial charge in [-0.05, 0) is 42.8 Å². The molecule has 1 N–H and O–H groups in total. The van der Waals surface area contributed by atoms with Crippen LogP contribution in [0, 0.1) is 0 Å². The number of anilines is 1. The molecular weight excluding hydrogens is 364 g/mol. The summed E-state index contributed by atoms with van der Waals surface area (Å²) in [6, 6.07) is 19.0. The van der Waals surface area contributed by atoms with Gasteiger partial charge < -0.3 is 10.1 Å². The van der Waals surface area contributed by atoms with Gasteiger partial charge in [0.05, 0.1) is 30.1 Å². The number of hydrogen-bond donors (Lipinski definition) is 1. The van der Waals surface area contributed by atoms with Crippen molar-refractivity contribution in [3.8, 4) is 17.0 Å². The minimum atomic E-state index is -0.184. The van der Waals surface area contributed by atoms with Gasteiger partial charge in [0.1, 0.15) is 11.6 Å².